The van der Waals surface area contributed by atoms with Crippen molar-refractivity contribution in [2.45, 2.75) is 161 Å². The lowest BCUT2D eigenvalue weighted by molar-refractivity contribution is -0.161. The number of carbonyl (C=O) groups excluding carboxylic acids is 3. The molecule has 0 aromatic rings. The molecule has 0 aliphatic rings. The Kier molecular flexibility index (Phi) is 33.0. The fourth-order valence-electron chi connectivity index (χ4n) is 4.89. The topological polar surface area (TPSA) is 189 Å². The van der Waals surface area contributed by atoms with E-state index in [4.69, 9.17) is 24.8 Å². The largest absolute Gasteiger partial charge is 0.480 e. The summed E-state index contributed by atoms with van der Waals surface area (Å²) in [4.78, 5) is 57.4. The molecule has 0 saturated heterocycles. The molecule has 4 N–H and O–H groups in total. The van der Waals surface area contributed by atoms with Gasteiger partial charge in [0.1, 0.15) is 12.6 Å². The van der Waals surface area contributed by atoms with Crippen LogP contribution in [0.25, 0.3) is 0 Å². The molecule has 0 radical (unpaired) electrons. The summed E-state index contributed by atoms with van der Waals surface area (Å²) in [5.41, 5.74) is 5.31. The van der Waals surface area contributed by atoms with Crippen molar-refractivity contribution in [3.63, 3.8) is 0 Å². The van der Waals surface area contributed by atoms with Crippen molar-refractivity contribution in [1.29, 1.82) is 0 Å². The van der Waals surface area contributed by atoms with Crippen LogP contribution in [0.4, 0.5) is 0 Å². The molecule has 0 aromatic heterocycles. The monoisotopic (exact) mass is 769 g/mol. The van der Waals surface area contributed by atoms with Gasteiger partial charge < -0.3 is 25.2 Å². The van der Waals surface area contributed by atoms with Gasteiger partial charge in [0.05, 0.1) is 13.2 Å². The summed E-state index contributed by atoms with van der Waals surface area (Å²) in [6.45, 7) is 2.54. The van der Waals surface area contributed by atoms with Crippen LogP contribution in [0.15, 0.2) is 48.6 Å². The first kappa shape index (κ1) is 50.1. The highest BCUT2D eigenvalue weighted by atomic mass is 31.2. The van der Waals surface area contributed by atoms with E-state index in [1.165, 1.54) is 44.9 Å². The van der Waals surface area contributed by atoms with Gasteiger partial charge in [-0.25, -0.2) is 4.57 Å². The maximum atomic E-state index is 12.5. The van der Waals surface area contributed by atoms with Crippen LogP contribution in [-0.2, 0) is 42.3 Å². The number of nitrogens with two attached hydrogens (primary N) is 1. The number of rotatable bonds is 36. The van der Waals surface area contributed by atoms with Gasteiger partial charge in [0, 0.05) is 19.3 Å². The zero-order valence-electron chi connectivity index (χ0n) is 32.3. The number of ether oxygens (including phenoxy) is 2. The van der Waals surface area contributed by atoms with E-state index in [1.807, 2.05) is 36.5 Å². The molecule has 304 valence electrons. The standard InChI is InChI=1S/C40H68NO11P/c1-3-5-7-8-9-10-12-17-20-23-27-31-39(44)52-36(33-50-53(47,48)51-34-37(41)40(45)46)32-49-38(43)30-26-22-19-16-14-11-13-15-18-21-25-29-35(42)28-24-6-4-2/h11,13,16,18-19,21,25,29,36-37H,3-10,12,14-15,17,20,22-24,26-28,30-34,41H2,1-2H3,(H,45,46)(H,47,48)/b13-11-,19-16-,21-18-,29-25+/t36-,37+/m1/s1. The summed E-state index contributed by atoms with van der Waals surface area (Å²) in [6, 6.07) is -1.54. The lowest BCUT2D eigenvalue weighted by Crippen LogP contribution is -2.34. The molecule has 12 nitrogen and oxygen atoms in total. The highest BCUT2D eigenvalue weighted by Crippen LogP contribution is 2.43. The third kappa shape index (κ3) is 34.6. The van der Waals surface area contributed by atoms with Gasteiger partial charge in [-0.3, -0.25) is 28.2 Å². The number of esters is 2. The van der Waals surface area contributed by atoms with Crippen LogP contribution in [0, 0.1) is 0 Å². The molecule has 0 rings (SSSR count). The minimum atomic E-state index is -4.73. The SMILES string of the molecule is CCCCCCCCCCCCCC(=O)O[C@H](COC(=O)CCC/C=C\C/C=C\C/C=C\C=C\C(=O)CCCCC)COP(=O)(O)OC[C@H](N)C(=O)O. The molecule has 0 aliphatic carbocycles. The van der Waals surface area contributed by atoms with Crippen molar-refractivity contribution in [3.05, 3.63) is 48.6 Å². The number of ketones is 1. The second-order valence-corrected chi connectivity index (χ2v) is 14.6. The van der Waals surface area contributed by atoms with Gasteiger partial charge in [-0.05, 0) is 44.6 Å². The molecule has 0 aliphatic heterocycles. The molecule has 0 spiro atoms. The van der Waals surface area contributed by atoms with E-state index >= 15 is 0 Å². The van der Waals surface area contributed by atoms with Crippen molar-refractivity contribution < 1.29 is 52.3 Å². The van der Waals surface area contributed by atoms with Crippen molar-refractivity contribution in [1.82, 2.24) is 0 Å². The molecule has 3 atom stereocenters. The maximum absolute atomic E-state index is 12.5. The number of allylic oxidation sites excluding steroid dienone is 8. The first-order chi connectivity index (χ1) is 25.5. The Morgan fingerprint density at radius 1 is 0.642 bits per heavy atom. The van der Waals surface area contributed by atoms with Crippen LogP contribution in [0.5, 0.6) is 0 Å². The Morgan fingerprint density at radius 2 is 1.17 bits per heavy atom. The minimum absolute atomic E-state index is 0.120. The minimum Gasteiger partial charge on any atom is -0.480 e. The van der Waals surface area contributed by atoms with Crippen LogP contribution >= 0.6 is 7.82 Å². The summed E-state index contributed by atoms with van der Waals surface area (Å²) >= 11 is 0. The van der Waals surface area contributed by atoms with Crippen LogP contribution in [0.3, 0.4) is 0 Å². The van der Waals surface area contributed by atoms with Gasteiger partial charge >= 0.3 is 25.7 Å². The van der Waals surface area contributed by atoms with E-state index < -0.39 is 57.7 Å². The molecule has 0 heterocycles. The number of hydrogen-bond acceptors (Lipinski definition) is 10. The fraction of sp³-hybridized carbons (Fsp3) is 0.700. The Morgan fingerprint density at radius 3 is 1.81 bits per heavy atom. The maximum Gasteiger partial charge on any atom is 0.472 e. The van der Waals surface area contributed by atoms with Gasteiger partial charge in [-0.2, -0.15) is 0 Å². The van der Waals surface area contributed by atoms with Crippen molar-refractivity contribution >= 4 is 31.5 Å². The van der Waals surface area contributed by atoms with Crippen LogP contribution in [0.1, 0.15) is 149 Å². The summed E-state index contributed by atoms with van der Waals surface area (Å²) < 4.78 is 32.5. The summed E-state index contributed by atoms with van der Waals surface area (Å²) in [5, 5.41) is 8.85. The Hall–Kier alpha value is -2.89. The van der Waals surface area contributed by atoms with Gasteiger partial charge in [-0.1, -0.05) is 133 Å². The number of aliphatic carboxylic acids is 1. The average Bonchev–Trinajstić information content (AvgIpc) is 3.12. The first-order valence-corrected chi connectivity index (χ1v) is 21.1. The second kappa shape index (κ2) is 34.9. The zero-order chi connectivity index (χ0) is 39.4. The zero-order valence-corrected chi connectivity index (χ0v) is 33.2. The Balaban J connectivity index is 4.55. The highest BCUT2D eigenvalue weighted by molar-refractivity contribution is 7.47. The van der Waals surface area contributed by atoms with E-state index in [-0.39, 0.29) is 18.6 Å². The van der Waals surface area contributed by atoms with Crippen LogP contribution in [0.2, 0.25) is 0 Å². The predicted molar refractivity (Wildman–Crippen MR) is 208 cm³/mol. The molecule has 1 unspecified atom stereocenters. The van der Waals surface area contributed by atoms with Crippen LogP contribution in [-0.4, -0.2) is 65.7 Å². The first-order valence-electron chi connectivity index (χ1n) is 19.6. The number of carboxylic acid groups (broad SMARTS) is 1. The van der Waals surface area contributed by atoms with Crippen LogP contribution < -0.4 is 5.73 Å². The number of hydrogen-bond donors (Lipinski definition) is 3. The number of phosphoric acid groups is 1. The van der Waals surface area contributed by atoms with Gasteiger partial charge in [0.25, 0.3) is 0 Å². The molecule has 53 heavy (non-hydrogen) atoms. The van der Waals surface area contributed by atoms with E-state index in [9.17, 15) is 28.6 Å². The molecular formula is C40H68NO11P. The number of unbranched alkanes of at least 4 members (excludes halogenated alkanes) is 13. The number of phosphoric ester groups is 1. The molecule has 0 bridgehead atoms. The van der Waals surface area contributed by atoms with Crippen molar-refractivity contribution in [2.24, 2.45) is 5.73 Å². The lowest BCUT2D eigenvalue weighted by Gasteiger charge is -2.20. The summed E-state index contributed by atoms with van der Waals surface area (Å²) in [6.07, 6.45) is 33.2. The van der Waals surface area contributed by atoms with Crippen molar-refractivity contribution in [3.8, 4) is 0 Å². The normalized spacial score (nSPS) is 14.3. The second-order valence-electron chi connectivity index (χ2n) is 13.1. The van der Waals surface area contributed by atoms with Crippen molar-refractivity contribution in [2.75, 3.05) is 19.8 Å². The quantitative estimate of drug-likeness (QED) is 0.0137. The summed E-state index contributed by atoms with van der Waals surface area (Å²) in [5.74, 6) is -2.34. The predicted octanol–water partition coefficient (Wildman–Crippen LogP) is 9.01. The van der Waals surface area contributed by atoms with Gasteiger partial charge in [0.15, 0.2) is 11.9 Å². The molecule has 0 fully saturated rings. The number of carboxylic acids is 1. The Labute approximate surface area is 318 Å². The molecular weight excluding hydrogens is 701 g/mol. The lowest BCUT2D eigenvalue weighted by atomic mass is 10.1. The number of carbonyl (C=O) groups is 4. The van der Waals surface area contributed by atoms with Gasteiger partial charge in [-0.15, -0.1) is 0 Å². The Bertz CT molecular complexity index is 1150. The summed E-state index contributed by atoms with van der Waals surface area (Å²) in [7, 11) is -4.73. The smallest absolute Gasteiger partial charge is 0.472 e. The third-order valence-corrected chi connectivity index (χ3v) is 9.01. The van der Waals surface area contributed by atoms with E-state index in [1.54, 1.807) is 12.2 Å². The molecule has 0 amide bonds. The van der Waals surface area contributed by atoms with E-state index in [2.05, 4.69) is 18.4 Å². The molecule has 0 aromatic carbocycles. The fourth-order valence-corrected chi connectivity index (χ4v) is 5.67. The third-order valence-electron chi connectivity index (χ3n) is 8.06. The van der Waals surface area contributed by atoms with E-state index in [0.29, 0.717) is 25.7 Å². The highest BCUT2D eigenvalue weighted by Gasteiger charge is 2.28. The molecule has 13 heteroatoms. The van der Waals surface area contributed by atoms with E-state index in [0.717, 1.165) is 51.4 Å². The molecule has 0 saturated carbocycles. The van der Waals surface area contributed by atoms with Gasteiger partial charge in [0.2, 0.25) is 0 Å². The average molecular weight is 770 g/mol.